The number of carbonyl (C=O) groups excluding carboxylic acids is 2. The molecule has 1 atom stereocenters. The summed E-state index contributed by atoms with van der Waals surface area (Å²) in [6.45, 7) is 0.215. The van der Waals surface area contributed by atoms with Crippen molar-refractivity contribution >= 4 is 61.9 Å². The van der Waals surface area contributed by atoms with E-state index in [0.717, 1.165) is 10.2 Å². The van der Waals surface area contributed by atoms with Gasteiger partial charge in [0.25, 0.3) is 0 Å². The van der Waals surface area contributed by atoms with Crippen molar-refractivity contribution in [2.45, 2.75) is 6.23 Å². The quantitative estimate of drug-likeness (QED) is 0.469. The van der Waals surface area contributed by atoms with Crippen LogP contribution in [-0.4, -0.2) is 46.7 Å². The van der Waals surface area contributed by atoms with Crippen molar-refractivity contribution in [2.75, 3.05) is 18.5 Å². The average Bonchev–Trinajstić information content (AvgIpc) is 3.15. The molecule has 4 rings (SSSR count). The molecule has 138 valence electrons. The molecule has 2 aromatic heterocycles. The van der Waals surface area contributed by atoms with Crippen LogP contribution in [0.25, 0.3) is 10.2 Å². The molecule has 2 amide bonds. The van der Waals surface area contributed by atoms with Gasteiger partial charge in [0.2, 0.25) is 6.23 Å². The summed E-state index contributed by atoms with van der Waals surface area (Å²) in [4.78, 5) is 36.3. The number of para-hydroxylation sites is 1. The van der Waals surface area contributed by atoms with Crippen LogP contribution in [0.4, 0.5) is 9.93 Å². The van der Waals surface area contributed by atoms with Crippen molar-refractivity contribution in [3.05, 3.63) is 52.3 Å². The predicted octanol–water partition coefficient (Wildman–Crippen LogP) is 4.05. The molecule has 0 N–H and O–H groups in total. The number of anilines is 1. The van der Waals surface area contributed by atoms with Crippen molar-refractivity contribution in [2.24, 2.45) is 0 Å². The zero-order valence-electron chi connectivity index (χ0n) is 13.9. The Balaban J connectivity index is 1.64. The maximum absolute atomic E-state index is 12.6. The van der Waals surface area contributed by atoms with E-state index in [1.54, 1.807) is 7.05 Å². The summed E-state index contributed by atoms with van der Waals surface area (Å²) in [5.74, 6) is -0.652. The van der Waals surface area contributed by atoms with E-state index in [4.69, 9.17) is 27.9 Å². The van der Waals surface area contributed by atoms with Gasteiger partial charge in [0.1, 0.15) is 10.3 Å². The van der Waals surface area contributed by atoms with Gasteiger partial charge in [-0.15, -0.1) is 0 Å². The summed E-state index contributed by atoms with van der Waals surface area (Å²) in [6.07, 6.45) is -0.818. The van der Waals surface area contributed by atoms with E-state index in [0.29, 0.717) is 5.13 Å². The lowest BCUT2D eigenvalue weighted by molar-refractivity contribution is 0.0331. The first-order valence-corrected chi connectivity index (χ1v) is 9.43. The molecule has 0 radical (unpaired) electrons. The minimum absolute atomic E-state index is 0.0806. The molecule has 0 bridgehead atoms. The Morgan fingerprint density at radius 2 is 1.93 bits per heavy atom. The van der Waals surface area contributed by atoms with Crippen molar-refractivity contribution < 1.29 is 14.3 Å². The second-order valence-corrected chi connectivity index (χ2v) is 7.64. The Hall–Kier alpha value is -2.42. The van der Waals surface area contributed by atoms with Crippen LogP contribution < -0.4 is 4.90 Å². The zero-order valence-corrected chi connectivity index (χ0v) is 16.3. The molecule has 3 aromatic rings. The highest BCUT2D eigenvalue weighted by Gasteiger charge is 2.40. The average molecular weight is 423 g/mol. The fourth-order valence-corrected chi connectivity index (χ4v) is 4.19. The molecule has 1 unspecified atom stereocenters. The van der Waals surface area contributed by atoms with Crippen LogP contribution >= 0.6 is 34.5 Å². The van der Waals surface area contributed by atoms with Crippen molar-refractivity contribution in [1.82, 2.24) is 14.9 Å². The van der Waals surface area contributed by atoms with Gasteiger partial charge in [-0.05, 0) is 24.3 Å². The number of thiazole rings is 1. The van der Waals surface area contributed by atoms with Gasteiger partial charge in [0, 0.05) is 7.05 Å². The van der Waals surface area contributed by atoms with Crippen molar-refractivity contribution in [3.8, 4) is 0 Å². The number of nitrogens with zero attached hydrogens (tertiary/aromatic N) is 4. The molecule has 10 heteroatoms. The lowest BCUT2D eigenvalue weighted by Gasteiger charge is -2.20. The number of ether oxygens (including phenoxy) is 1. The van der Waals surface area contributed by atoms with Gasteiger partial charge in [0.05, 0.1) is 22.3 Å². The van der Waals surface area contributed by atoms with E-state index in [1.165, 1.54) is 33.3 Å². The number of carbonyl (C=O) groups is 2. The number of halogens is 2. The summed E-state index contributed by atoms with van der Waals surface area (Å²) in [5.41, 5.74) is 0.934. The number of pyridine rings is 1. The number of aromatic nitrogens is 2. The minimum atomic E-state index is -0.818. The third-order valence-corrected chi connectivity index (χ3v) is 5.40. The van der Waals surface area contributed by atoms with Crippen LogP contribution in [0, 0.1) is 0 Å². The number of hydrogen-bond donors (Lipinski definition) is 0. The third-order valence-electron chi connectivity index (χ3n) is 3.98. The lowest BCUT2D eigenvalue weighted by atomic mass is 10.3. The summed E-state index contributed by atoms with van der Waals surface area (Å²) in [5, 5.41) is 0.628. The molecule has 7 nitrogen and oxygen atoms in total. The second kappa shape index (κ2) is 6.95. The van der Waals surface area contributed by atoms with Gasteiger partial charge in [-0.1, -0.05) is 46.7 Å². The fraction of sp³-hybridized carbons (Fsp3) is 0.176. The van der Waals surface area contributed by atoms with Gasteiger partial charge in [-0.3, -0.25) is 0 Å². The molecule has 0 spiro atoms. The standard InChI is InChI=1S/C17H12Cl2N4O3S/c1-22-8-14(26-15(24)9-6-12(18)21-13(19)7-9)23(17(22)25)16-20-10-4-2-3-5-11(10)27-16/h2-7,14H,8H2,1H3. The van der Waals surface area contributed by atoms with E-state index in [1.807, 2.05) is 24.3 Å². The Morgan fingerprint density at radius 1 is 1.22 bits per heavy atom. The number of fused-ring (bicyclic) bond motifs is 1. The number of hydrogen-bond acceptors (Lipinski definition) is 6. The highest BCUT2D eigenvalue weighted by molar-refractivity contribution is 7.22. The van der Waals surface area contributed by atoms with Gasteiger partial charge >= 0.3 is 12.0 Å². The third kappa shape index (κ3) is 3.43. The number of rotatable bonds is 3. The number of esters is 1. The summed E-state index contributed by atoms with van der Waals surface area (Å²) in [6, 6.07) is 9.98. The first kappa shape index (κ1) is 18.0. The molecule has 1 aliphatic heterocycles. The monoisotopic (exact) mass is 422 g/mol. The SMILES string of the molecule is CN1CC(OC(=O)c2cc(Cl)nc(Cl)c2)N(c2nc3ccccc3s2)C1=O. The van der Waals surface area contributed by atoms with Gasteiger partial charge in [-0.2, -0.15) is 0 Å². The molecule has 3 heterocycles. The first-order valence-electron chi connectivity index (χ1n) is 7.86. The van der Waals surface area contributed by atoms with Crippen LogP contribution in [0.1, 0.15) is 10.4 Å². The van der Waals surface area contributed by atoms with Crippen molar-refractivity contribution in [1.29, 1.82) is 0 Å². The smallest absolute Gasteiger partial charge is 0.340 e. The molecule has 0 aliphatic carbocycles. The highest BCUT2D eigenvalue weighted by atomic mass is 35.5. The molecule has 1 fully saturated rings. The molecule has 27 heavy (non-hydrogen) atoms. The molecule has 1 aromatic carbocycles. The second-order valence-electron chi connectivity index (χ2n) is 5.86. The van der Waals surface area contributed by atoms with E-state index >= 15 is 0 Å². The lowest BCUT2D eigenvalue weighted by Crippen LogP contribution is -2.37. The van der Waals surface area contributed by atoms with Gasteiger partial charge in [-0.25, -0.2) is 24.5 Å². The number of likely N-dealkylation sites (N-methyl/N-ethyl adjacent to an activating group) is 1. The topological polar surface area (TPSA) is 75.6 Å². The summed E-state index contributed by atoms with van der Waals surface area (Å²) in [7, 11) is 1.64. The zero-order chi connectivity index (χ0) is 19.1. The highest BCUT2D eigenvalue weighted by Crippen LogP contribution is 2.33. The Labute approximate surface area is 168 Å². The number of amides is 2. The number of benzene rings is 1. The van der Waals surface area contributed by atoms with Crippen LogP contribution in [-0.2, 0) is 4.74 Å². The Kier molecular flexibility index (Phi) is 4.63. The Morgan fingerprint density at radius 3 is 2.63 bits per heavy atom. The maximum atomic E-state index is 12.6. The molecular formula is C17H12Cl2N4O3S. The first-order chi connectivity index (χ1) is 12.9. The predicted molar refractivity (Wildman–Crippen MR) is 104 cm³/mol. The molecule has 1 aliphatic rings. The van der Waals surface area contributed by atoms with E-state index in [9.17, 15) is 9.59 Å². The van der Waals surface area contributed by atoms with Gasteiger partial charge in [0.15, 0.2) is 5.13 Å². The van der Waals surface area contributed by atoms with Crippen LogP contribution in [0.15, 0.2) is 36.4 Å². The molecule has 1 saturated heterocycles. The van der Waals surface area contributed by atoms with E-state index < -0.39 is 12.2 Å². The van der Waals surface area contributed by atoms with E-state index in [-0.39, 0.29) is 28.4 Å². The fourth-order valence-electron chi connectivity index (χ4n) is 2.73. The van der Waals surface area contributed by atoms with Crippen LogP contribution in [0.3, 0.4) is 0 Å². The van der Waals surface area contributed by atoms with Crippen LogP contribution in [0.5, 0.6) is 0 Å². The molecule has 0 saturated carbocycles. The summed E-state index contributed by atoms with van der Waals surface area (Å²) >= 11 is 13.0. The normalized spacial score (nSPS) is 17.0. The van der Waals surface area contributed by atoms with Crippen molar-refractivity contribution in [3.63, 3.8) is 0 Å². The number of urea groups is 1. The maximum Gasteiger partial charge on any atom is 0.340 e. The Bertz CT molecular complexity index is 1000. The summed E-state index contributed by atoms with van der Waals surface area (Å²) < 4.78 is 6.49. The van der Waals surface area contributed by atoms with Gasteiger partial charge < -0.3 is 9.64 Å². The largest absolute Gasteiger partial charge is 0.435 e. The minimum Gasteiger partial charge on any atom is -0.435 e. The molecular weight excluding hydrogens is 411 g/mol. The van der Waals surface area contributed by atoms with Crippen LogP contribution in [0.2, 0.25) is 10.3 Å². The van der Waals surface area contributed by atoms with E-state index in [2.05, 4.69) is 9.97 Å².